The van der Waals surface area contributed by atoms with Gasteiger partial charge in [-0.2, -0.15) is 0 Å². The Balaban J connectivity index is 2.83. The van der Waals surface area contributed by atoms with Gasteiger partial charge in [-0.05, 0) is 37.6 Å². The maximum absolute atomic E-state index is 5.66. The van der Waals surface area contributed by atoms with E-state index >= 15 is 0 Å². The summed E-state index contributed by atoms with van der Waals surface area (Å²) >= 11 is 1.81. The highest BCUT2D eigenvalue weighted by molar-refractivity contribution is 8.00. The van der Waals surface area contributed by atoms with Crippen LogP contribution < -0.4 is 5.73 Å². The molecule has 2 N–H and O–H groups in total. The molecule has 1 aromatic carbocycles. The number of hydrogen-bond donors (Lipinski definition) is 1. The van der Waals surface area contributed by atoms with Gasteiger partial charge in [-0.3, -0.25) is 0 Å². The molecule has 0 fully saturated rings. The Morgan fingerprint density at radius 1 is 1.54 bits per heavy atom. The van der Waals surface area contributed by atoms with Crippen molar-refractivity contribution in [3.8, 4) is 0 Å². The van der Waals surface area contributed by atoms with E-state index in [2.05, 4.69) is 26.5 Å². The lowest BCUT2D eigenvalue weighted by atomic mass is 10.2. The third-order valence-electron chi connectivity index (χ3n) is 1.84. The van der Waals surface area contributed by atoms with Crippen LogP contribution in [-0.4, -0.2) is 5.25 Å². The fourth-order valence-electron chi connectivity index (χ4n) is 1.05. The molecule has 0 amide bonds. The first-order valence-electron chi connectivity index (χ1n) is 4.29. The standard InChI is InChI=1S/C11H15NS/c1-4-9(3)13-11-6-5-10(12)7-8(11)2/h4-7,9H,1,12H2,2-3H3. The molecule has 0 saturated carbocycles. The van der Waals surface area contributed by atoms with Crippen LogP contribution in [0.5, 0.6) is 0 Å². The van der Waals surface area contributed by atoms with Crippen molar-refractivity contribution in [1.29, 1.82) is 0 Å². The van der Waals surface area contributed by atoms with Crippen molar-refractivity contribution >= 4 is 17.4 Å². The van der Waals surface area contributed by atoms with E-state index in [-0.39, 0.29) is 0 Å². The van der Waals surface area contributed by atoms with E-state index in [0.29, 0.717) is 5.25 Å². The molecule has 0 aromatic heterocycles. The van der Waals surface area contributed by atoms with E-state index in [1.54, 1.807) is 11.8 Å². The minimum Gasteiger partial charge on any atom is -0.399 e. The van der Waals surface area contributed by atoms with E-state index in [9.17, 15) is 0 Å². The molecule has 70 valence electrons. The molecule has 1 nitrogen and oxygen atoms in total. The zero-order valence-electron chi connectivity index (χ0n) is 8.08. The SMILES string of the molecule is C=CC(C)Sc1ccc(N)cc1C. The molecule has 1 rings (SSSR count). The molecule has 2 heteroatoms. The average Bonchev–Trinajstić information content (AvgIpc) is 2.09. The first-order valence-corrected chi connectivity index (χ1v) is 5.17. The van der Waals surface area contributed by atoms with E-state index in [1.165, 1.54) is 10.5 Å². The number of benzene rings is 1. The Morgan fingerprint density at radius 3 is 2.77 bits per heavy atom. The number of thioether (sulfide) groups is 1. The molecule has 1 aromatic rings. The molecule has 0 heterocycles. The van der Waals surface area contributed by atoms with Crippen LogP contribution in [0.2, 0.25) is 0 Å². The monoisotopic (exact) mass is 193 g/mol. The molecule has 0 saturated heterocycles. The molecule has 0 spiro atoms. The van der Waals surface area contributed by atoms with Crippen molar-refractivity contribution in [3.63, 3.8) is 0 Å². The summed E-state index contributed by atoms with van der Waals surface area (Å²) in [6.45, 7) is 7.97. The normalized spacial score (nSPS) is 12.5. The number of nitrogens with two attached hydrogens (primary N) is 1. The lowest BCUT2D eigenvalue weighted by molar-refractivity contribution is 1.22. The molecule has 0 aliphatic heterocycles. The summed E-state index contributed by atoms with van der Waals surface area (Å²) < 4.78 is 0. The highest BCUT2D eigenvalue weighted by Gasteiger charge is 2.02. The molecule has 1 atom stereocenters. The highest BCUT2D eigenvalue weighted by atomic mass is 32.2. The van der Waals surface area contributed by atoms with Crippen molar-refractivity contribution in [3.05, 3.63) is 36.4 Å². The molecule has 0 aliphatic carbocycles. The van der Waals surface area contributed by atoms with Crippen LogP contribution in [0, 0.1) is 6.92 Å². The summed E-state index contributed by atoms with van der Waals surface area (Å²) in [5, 5.41) is 0.447. The molecule has 0 radical (unpaired) electrons. The summed E-state index contributed by atoms with van der Waals surface area (Å²) in [5.74, 6) is 0. The second-order valence-corrected chi connectivity index (χ2v) is 4.50. The summed E-state index contributed by atoms with van der Waals surface area (Å²) in [6, 6.07) is 6.00. The summed E-state index contributed by atoms with van der Waals surface area (Å²) in [4.78, 5) is 1.28. The molecule has 0 bridgehead atoms. The van der Waals surface area contributed by atoms with Gasteiger partial charge in [0.05, 0.1) is 0 Å². The third-order valence-corrected chi connectivity index (χ3v) is 3.12. The first-order chi connectivity index (χ1) is 6.13. The lowest BCUT2D eigenvalue weighted by Gasteiger charge is -2.09. The van der Waals surface area contributed by atoms with Crippen molar-refractivity contribution in [2.75, 3.05) is 5.73 Å². The third kappa shape index (κ3) is 2.81. The molecule has 13 heavy (non-hydrogen) atoms. The minimum absolute atomic E-state index is 0.447. The number of hydrogen-bond acceptors (Lipinski definition) is 2. The zero-order chi connectivity index (χ0) is 9.84. The highest BCUT2D eigenvalue weighted by Crippen LogP contribution is 2.27. The summed E-state index contributed by atoms with van der Waals surface area (Å²) in [6.07, 6.45) is 1.94. The van der Waals surface area contributed by atoms with Crippen molar-refractivity contribution in [2.24, 2.45) is 0 Å². The molecular weight excluding hydrogens is 178 g/mol. The summed E-state index contributed by atoms with van der Waals surface area (Å²) in [7, 11) is 0. The largest absolute Gasteiger partial charge is 0.399 e. The van der Waals surface area contributed by atoms with E-state index < -0.39 is 0 Å². The van der Waals surface area contributed by atoms with Crippen molar-refractivity contribution in [1.82, 2.24) is 0 Å². The van der Waals surface area contributed by atoms with Crippen LogP contribution >= 0.6 is 11.8 Å². The Morgan fingerprint density at radius 2 is 2.23 bits per heavy atom. The fraction of sp³-hybridized carbons (Fsp3) is 0.273. The first kappa shape index (κ1) is 10.2. The van der Waals surface area contributed by atoms with E-state index in [1.807, 2.05) is 18.2 Å². The van der Waals surface area contributed by atoms with Crippen molar-refractivity contribution in [2.45, 2.75) is 24.0 Å². The second kappa shape index (κ2) is 4.38. The predicted octanol–water partition coefficient (Wildman–Crippen LogP) is 3.24. The van der Waals surface area contributed by atoms with Crippen molar-refractivity contribution < 1.29 is 0 Å². The number of anilines is 1. The maximum Gasteiger partial charge on any atom is 0.0317 e. The van der Waals surface area contributed by atoms with Crippen LogP contribution in [0.3, 0.4) is 0 Å². The number of nitrogen functional groups attached to an aromatic ring is 1. The van der Waals surface area contributed by atoms with Gasteiger partial charge in [0.1, 0.15) is 0 Å². The maximum atomic E-state index is 5.66. The summed E-state index contributed by atoms with van der Waals surface area (Å²) in [5.41, 5.74) is 7.72. The number of rotatable bonds is 3. The smallest absolute Gasteiger partial charge is 0.0317 e. The lowest BCUT2D eigenvalue weighted by Crippen LogP contribution is -1.92. The fourth-order valence-corrected chi connectivity index (χ4v) is 1.94. The number of aryl methyl sites for hydroxylation is 1. The predicted molar refractivity (Wildman–Crippen MR) is 61.1 cm³/mol. The van der Waals surface area contributed by atoms with Gasteiger partial charge in [0, 0.05) is 15.8 Å². The van der Waals surface area contributed by atoms with Gasteiger partial charge in [0.2, 0.25) is 0 Å². The molecular formula is C11H15NS. The quantitative estimate of drug-likeness (QED) is 0.453. The Hall–Kier alpha value is -0.890. The van der Waals surface area contributed by atoms with Gasteiger partial charge in [0.15, 0.2) is 0 Å². The minimum atomic E-state index is 0.447. The van der Waals surface area contributed by atoms with Crippen LogP contribution in [0.15, 0.2) is 35.7 Å². The Bertz CT molecular complexity index is 307. The molecule has 1 unspecified atom stereocenters. The Kier molecular flexibility index (Phi) is 3.43. The Labute approximate surface area is 84.0 Å². The van der Waals surface area contributed by atoms with Gasteiger partial charge in [-0.15, -0.1) is 18.3 Å². The van der Waals surface area contributed by atoms with Crippen LogP contribution in [0.1, 0.15) is 12.5 Å². The van der Waals surface area contributed by atoms with Gasteiger partial charge in [-0.1, -0.05) is 6.08 Å². The van der Waals surface area contributed by atoms with E-state index in [0.717, 1.165) is 5.69 Å². The second-order valence-electron chi connectivity index (χ2n) is 3.08. The molecule has 0 aliphatic rings. The topological polar surface area (TPSA) is 26.0 Å². The van der Waals surface area contributed by atoms with E-state index in [4.69, 9.17) is 5.73 Å². The zero-order valence-corrected chi connectivity index (χ0v) is 8.90. The van der Waals surface area contributed by atoms with Crippen LogP contribution in [0.25, 0.3) is 0 Å². The van der Waals surface area contributed by atoms with Gasteiger partial charge in [-0.25, -0.2) is 0 Å². The average molecular weight is 193 g/mol. The van der Waals surface area contributed by atoms with Gasteiger partial charge >= 0.3 is 0 Å². The van der Waals surface area contributed by atoms with Crippen LogP contribution in [-0.2, 0) is 0 Å². The van der Waals surface area contributed by atoms with Crippen LogP contribution in [0.4, 0.5) is 5.69 Å². The van der Waals surface area contributed by atoms with Gasteiger partial charge in [0.25, 0.3) is 0 Å². The van der Waals surface area contributed by atoms with Gasteiger partial charge < -0.3 is 5.73 Å².